The van der Waals surface area contributed by atoms with Crippen LogP contribution in [0.15, 0.2) is 53.2 Å². The standard InChI is InChI=1S/C15H12ClNS2/c16-12-3-5-13(6-4-12)17-9-14-8-11(10-19-14)15-2-1-7-18-15/h1-8,10,17H,9H2. The van der Waals surface area contributed by atoms with Crippen molar-refractivity contribution < 1.29 is 0 Å². The lowest BCUT2D eigenvalue weighted by molar-refractivity contribution is 1.19. The van der Waals surface area contributed by atoms with E-state index in [-0.39, 0.29) is 0 Å². The molecule has 0 radical (unpaired) electrons. The third-order valence-electron chi connectivity index (χ3n) is 2.77. The summed E-state index contributed by atoms with van der Waals surface area (Å²) in [6.45, 7) is 0.845. The highest BCUT2D eigenvalue weighted by molar-refractivity contribution is 7.14. The maximum absolute atomic E-state index is 5.86. The number of rotatable bonds is 4. The Morgan fingerprint density at radius 3 is 2.63 bits per heavy atom. The second-order valence-corrected chi connectivity index (χ2v) is 6.52. The predicted octanol–water partition coefficient (Wildman–Crippen LogP) is 5.74. The zero-order valence-electron chi connectivity index (χ0n) is 10.1. The van der Waals surface area contributed by atoms with Crippen LogP contribution in [0.4, 0.5) is 5.69 Å². The number of hydrogen-bond acceptors (Lipinski definition) is 3. The van der Waals surface area contributed by atoms with Gasteiger partial charge in [0.1, 0.15) is 0 Å². The smallest absolute Gasteiger partial charge is 0.0494 e. The van der Waals surface area contributed by atoms with Gasteiger partial charge in [-0.1, -0.05) is 17.7 Å². The Kier molecular flexibility index (Phi) is 3.87. The van der Waals surface area contributed by atoms with Crippen molar-refractivity contribution in [2.75, 3.05) is 5.32 Å². The predicted molar refractivity (Wildman–Crippen MR) is 86.4 cm³/mol. The van der Waals surface area contributed by atoms with E-state index >= 15 is 0 Å². The second-order valence-electron chi connectivity index (χ2n) is 4.14. The molecule has 2 heterocycles. The van der Waals surface area contributed by atoms with Gasteiger partial charge in [0.15, 0.2) is 0 Å². The lowest BCUT2D eigenvalue weighted by Crippen LogP contribution is -1.96. The Balaban J connectivity index is 1.66. The number of hydrogen-bond donors (Lipinski definition) is 1. The van der Waals surface area contributed by atoms with E-state index in [9.17, 15) is 0 Å². The summed E-state index contributed by atoms with van der Waals surface area (Å²) in [6, 6.07) is 14.3. The first kappa shape index (κ1) is 12.7. The van der Waals surface area contributed by atoms with Gasteiger partial charge in [0.2, 0.25) is 0 Å². The monoisotopic (exact) mass is 305 g/mol. The van der Waals surface area contributed by atoms with Crippen molar-refractivity contribution in [3.63, 3.8) is 0 Å². The third kappa shape index (κ3) is 3.18. The summed E-state index contributed by atoms with van der Waals surface area (Å²) in [5.41, 5.74) is 2.41. The van der Waals surface area contributed by atoms with Crippen molar-refractivity contribution in [1.82, 2.24) is 0 Å². The molecule has 1 nitrogen and oxygen atoms in total. The molecule has 4 heteroatoms. The molecule has 3 rings (SSSR count). The van der Waals surface area contributed by atoms with Crippen LogP contribution < -0.4 is 5.32 Å². The molecule has 0 atom stereocenters. The Hall–Kier alpha value is -1.29. The number of anilines is 1. The highest BCUT2D eigenvalue weighted by atomic mass is 35.5. The molecule has 1 aromatic carbocycles. The van der Waals surface area contributed by atoms with E-state index in [1.54, 1.807) is 22.7 Å². The fourth-order valence-electron chi connectivity index (χ4n) is 1.80. The van der Waals surface area contributed by atoms with Gasteiger partial charge < -0.3 is 5.32 Å². The van der Waals surface area contributed by atoms with Gasteiger partial charge in [-0.15, -0.1) is 22.7 Å². The minimum atomic E-state index is 0.765. The van der Waals surface area contributed by atoms with E-state index in [0.29, 0.717) is 0 Å². The van der Waals surface area contributed by atoms with E-state index < -0.39 is 0 Å². The van der Waals surface area contributed by atoms with Crippen molar-refractivity contribution in [3.05, 3.63) is 63.1 Å². The van der Waals surface area contributed by atoms with Crippen LogP contribution in [0.1, 0.15) is 4.88 Å². The minimum Gasteiger partial charge on any atom is -0.380 e. The molecule has 0 aliphatic heterocycles. The highest BCUT2D eigenvalue weighted by Crippen LogP contribution is 2.29. The summed E-state index contributed by atoms with van der Waals surface area (Å²) in [5.74, 6) is 0. The minimum absolute atomic E-state index is 0.765. The van der Waals surface area contributed by atoms with Crippen LogP contribution in [0, 0.1) is 0 Å². The van der Waals surface area contributed by atoms with Crippen LogP contribution >= 0.6 is 34.3 Å². The Bertz CT molecular complexity index is 641. The number of benzene rings is 1. The summed E-state index contributed by atoms with van der Waals surface area (Å²) in [7, 11) is 0. The van der Waals surface area contributed by atoms with Crippen molar-refractivity contribution >= 4 is 40.0 Å². The highest BCUT2D eigenvalue weighted by Gasteiger charge is 2.03. The molecule has 0 bridgehead atoms. The summed E-state index contributed by atoms with van der Waals surface area (Å²) in [6.07, 6.45) is 0. The van der Waals surface area contributed by atoms with Crippen LogP contribution in [0.3, 0.4) is 0 Å². The Morgan fingerprint density at radius 2 is 1.89 bits per heavy atom. The maximum atomic E-state index is 5.86. The number of thiophene rings is 2. The molecule has 0 fully saturated rings. The second kappa shape index (κ2) is 5.78. The van der Waals surface area contributed by atoms with E-state index in [1.807, 2.05) is 24.3 Å². The molecular weight excluding hydrogens is 294 g/mol. The van der Waals surface area contributed by atoms with E-state index in [0.717, 1.165) is 17.3 Å². The molecule has 3 aromatic rings. The first-order valence-electron chi connectivity index (χ1n) is 5.92. The van der Waals surface area contributed by atoms with Gasteiger partial charge in [-0.05, 0) is 47.2 Å². The normalized spacial score (nSPS) is 10.6. The fourth-order valence-corrected chi connectivity index (χ4v) is 3.54. The zero-order valence-corrected chi connectivity index (χ0v) is 12.5. The van der Waals surface area contributed by atoms with Crippen LogP contribution in [-0.4, -0.2) is 0 Å². The van der Waals surface area contributed by atoms with Crippen LogP contribution in [0.25, 0.3) is 10.4 Å². The van der Waals surface area contributed by atoms with Gasteiger partial charge >= 0.3 is 0 Å². The average molecular weight is 306 g/mol. The van der Waals surface area contributed by atoms with Gasteiger partial charge in [0, 0.05) is 32.6 Å². The van der Waals surface area contributed by atoms with Crippen molar-refractivity contribution in [2.24, 2.45) is 0 Å². The van der Waals surface area contributed by atoms with E-state index in [4.69, 9.17) is 11.6 Å². The number of halogens is 1. The molecular formula is C15H12ClNS2. The topological polar surface area (TPSA) is 12.0 Å². The summed E-state index contributed by atoms with van der Waals surface area (Å²) in [4.78, 5) is 2.66. The van der Waals surface area contributed by atoms with Gasteiger partial charge in [-0.2, -0.15) is 0 Å². The zero-order chi connectivity index (χ0) is 13.1. The van der Waals surface area contributed by atoms with E-state index in [2.05, 4.69) is 34.3 Å². The van der Waals surface area contributed by atoms with Crippen LogP contribution in [-0.2, 0) is 6.54 Å². The van der Waals surface area contributed by atoms with Crippen LogP contribution in [0.5, 0.6) is 0 Å². The fraction of sp³-hybridized carbons (Fsp3) is 0.0667. The Morgan fingerprint density at radius 1 is 1.05 bits per heavy atom. The molecule has 0 amide bonds. The van der Waals surface area contributed by atoms with Gasteiger partial charge in [-0.3, -0.25) is 0 Å². The van der Waals surface area contributed by atoms with Crippen molar-refractivity contribution in [3.8, 4) is 10.4 Å². The molecule has 2 aromatic heterocycles. The Labute approximate surface area is 125 Å². The molecule has 0 unspecified atom stereocenters. The number of nitrogens with one attached hydrogen (secondary N) is 1. The van der Waals surface area contributed by atoms with Crippen molar-refractivity contribution in [2.45, 2.75) is 6.54 Å². The molecule has 0 aliphatic carbocycles. The SMILES string of the molecule is Clc1ccc(NCc2cc(-c3cccs3)cs2)cc1. The summed E-state index contributed by atoms with van der Waals surface area (Å²) < 4.78 is 0. The van der Waals surface area contributed by atoms with Gasteiger partial charge in [0.05, 0.1) is 0 Å². The average Bonchev–Trinajstić information content (AvgIpc) is 3.09. The maximum Gasteiger partial charge on any atom is 0.0494 e. The summed E-state index contributed by atoms with van der Waals surface area (Å²) in [5, 5.41) is 8.49. The lowest BCUT2D eigenvalue weighted by atomic mass is 10.2. The molecule has 1 N–H and O–H groups in total. The quantitative estimate of drug-likeness (QED) is 0.648. The molecule has 0 aliphatic rings. The molecule has 19 heavy (non-hydrogen) atoms. The summed E-state index contributed by atoms with van der Waals surface area (Å²) >= 11 is 9.43. The first-order chi connectivity index (χ1) is 9.31. The largest absolute Gasteiger partial charge is 0.380 e. The molecule has 0 saturated carbocycles. The lowest BCUT2D eigenvalue weighted by Gasteiger charge is -2.04. The van der Waals surface area contributed by atoms with Gasteiger partial charge in [-0.25, -0.2) is 0 Å². The van der Waals surface area contributed by atoms with E-state index in [1.165, 1.54) is 15.3 Å². The molecule has 0 spiro atoms. The van der Waals surface area contributed by atoms with Crippen molar-refractivity contribution in [1.29, 1.82) is 0 Å². The molecule has 96 valence electrons. The van der Waals surface area contributed by atoms with Crippen LogP contribution in [0.2, 0.25) is 5.02 Å². The molecule has 0 saturated heterocycles. The third-order valence-corrected chi connectivity index (χ3v) is 4.88. The first-order valence-corrected chi connectivity index (χ1v) is 8.06. The van der Waals surface area contributed by atoms with Gasteiger partial charge in [0.25, 0.3) is 0 Å².